The number of carbonyl (C=O) groups is 1. The SMILES string of the molecule is CC(C)n1nc(COc2ccccc2CC(=O)O)c2cc(-c3cccc(-c4nn[nH]n4)c3)ccc21. The molecular formula is C26H24N6O3. The maximum atomic E-state index is 11.2. The van der Waals surface area contributed by atoms with Crippen LogP contribution in [-0.4, -0.2) is 41.5 Å². The van der Waals surface area contributed by atoms with Gasteiger partial charge in [-0.15, -0.1) is 10.2 Å². The predicted octanol–water partition coefficient (Wildman–Crippen LogP) is 4.67. The molecule has 0 spiro atoms. The van der Waals surface area contributed by atoms with Crippen LogP contribution >= 0.6 is 0 Å². The molecule has 35 heavy (non-hydrogen) atoms. The van der Waals surface area contributed by atoms with E-state index in [4.69, 9.17) is 9.84 Å². The lowest BCUT2D eigenvalue weighted by Gasteiger charge is -2.09. The Bertz CT molecular complexity index is 1490. The predicted molar refractivity (Wildman–Crippen MR) is 131 cm³/mol. The molecule has 0 fully saturated rings. The highest BCUT2D eigenvalue weighted by molar-refractivity contribution is 5.87. The van der Waals surface area contributed by atoms with E-state index in [2.05, 4.69) is 52.7 Å². The Balaban J connectivity index is 1.51. The number of H-pyrrole nitrogens is 1. The van der Waals surface area contributed by atoms with Crippen LogP contribution in [0.2, 0.25) is 0 Å². The Kier molecular flexibility index (Phi) is 5.97. The molecule has 2 aromatic heterocycles. The van der Waals surface area contributed by atoms with Crippen molar-refractivity contribution in [3.05, 3.63) is 78.0 Å². The molecule has 0 radical (unpaired) electrons. The second kappa shape index (κ2) is 9.38. The second-order valence-electron chi connectivity index (χ2n) is 8.50. The van der Waals surface area contributed by atoms with Crippen molar-refractivity contribution in [1.29, 1.82) is 0 Å². The monoisotopic (exact) mass is 468 g/mol. The third kappa shape index (κ3) is 4.61. The van der Waals surface area contributed by atoms with Crippen LogP contribution < -0.4 is 4.74 Å². The topological polar surface area (TPSA) is 119 Å². The van der Waals surface area contributed by atoms with E-state index in [1.165, 1.54) is 0 Å². The largest absolute Gasteiger partial charge is 0.487 e. The number of carboxylic acid groups (broad SMARTS) is 1. The summed E-state index contributed by atoms with van der Waals surface area (Å²) in [4.78, 5) is 11.2. The molecule has 0 bridgehead atoms. The van der Waals surface area contributed by atoms with Crippen LogP contribution in [-0.2, 0) is 17.8 Å². The van der Waals surface area contributed by atoms with Gasteiger partial charge in [-0.2, -0.15) is 10.3 Å². The zero-order valence-electron chi connectivity index (χ0n) is 19.3. The summed E-state index contributed by atoms with van der Waals surface area (Å²) < 4.78 is 8.06. The van der Waals surface area contributed by atoms with Crippen LogP contribution in [0.1, 0.15) is 31.1 Å². The van der Waals surface area contributed by atoms with Crippen molar-refractivity contribution in [2.75, 3.05) is 0 Å². The number of para-hydroxylation sites is 1. The van der Waals surface area contributed by atoms with Gasteiger partial charge in [0, 0.05) is 22.6 Å². The first-order valence-electron chi connectivity index (χ1n) is 11.3. The van der Waals surface area contributed by atoms with E-state index in [1.54, 1.807) is 12.1 Å². The van der Waals surface area contributed by atoms with Crippen molar-refractivity contribution in [3.63, 3.8) is 0 Å². The molecular weight excluding hydrogens is 444 g/mol. The number of aliphatic carboxylic acids is 1. The highest BCUT2D eigenvalue weighted by Gasteiger charge is 2.16. The minimum absolute atomic E-state index is 0.0990. The number of hydrogen-bond acceptors (Lipinski definition) is 6. The van der Waals surface area contributed by atoms with Crippen molar-refractivity contribution in [2.45, 2.75) is 32.9 Å². The van der Waals surface area contributed by atoms with Crippen LogP contribution in [0.15, 0.2) is 66.7 Å². The van der Waals surface area contributed by atoms with Gasteiger partial charge < -0.3 is 9.84 Å². The fourth-order valence-corrected chi connectivity index (χ4v) is 4.11. The maximum absolute atomic E-state index is 11.2. The minimum atomic E-state index is -0.900. The average molecular weight is 469 g/mol. The summed E-state index contributed by atoms with van der Waals surface area (Å²) in [5.41, 5.74) is 5.34. The van der Waals surface area contributed by atoms with Crippen molar-refractivity contribution >= 4 is 16.9 Å². The van der Waals surface area contributed by atoms with Gasteiger partial charge >= 0.3 is 5.97 Å². The summed E-state index contributed by atoms with van der Waals surface area (Å²) in [6.45, 7) is 4.39. The number of benzene rings is 3. The Morgan fingerprint density at radius 3 is 2.60 bits per heavy atom. The number of hydrogen-bond donors (Lipinski definition) is 2. The molecule has 2 heterocycles. The van der Waals surface area contributed by atoms with Crippen molar-refractivity contribution in [3.8, 4) is 28.3 Å². The number of tetrazole rings is 1. The fourth-order valence-electron chi connectivity index (χ4n) is 4.11. The molecule has 176 valence electrons. The van der Waals surface area contributed by atoms with Crippen molar-refractivity contribution < 1.29 is 14.6 Å². The molecule has 0 aliphatic carbocycles. The fraction of sp³-hybridized carbons (Fsp3) is 0.192. The quantitative estimate of drug-likeness (QED) is 0.340. The van der Waals surface area contributed by atoms with Crippen LogP contribution in [0.3, 0.4) is 0 Å². The van der Waals surface area contributed by atoms with Gasteiger partial charge in [-0.1, -0.05) is 42.5 Å². The van der Waals surface area contributed by atoms with Crippen molar-refractivity contribution in [2.24, 2.45) is 0 Å². The van der Waals surface area contributed by atoms with E-state index < -0.39 is 5.97 Å². The van der Waals surface area contributed by atoms with E-state index in [9.17, 15) is 9.90 Å². The van der Waals surface area contributed by atoms with E-state index in [1.807, 2.05) is 41.1 Å². The molecule has 3 aromatic carbocycles. The molecule has 0 saturated carbocycles. The number of carboxylic acids is 1. The van der Waals surface area contributed by atoms with Crippen LogP contribution in [0.4, 0.5) is 0 Å². The summed E-state index contributed by atoms with van der Waals surface area (Å²) in [6.07, 6.45) is -0.0990. The van der Waals surface area contributed by atoms with E-state index >= 15 is 0 Å². The lowest BCUT2D eigenvalue weighted by atomic mass is 10.0. The van der Waals surface area contributed by atoms with Gasteiger partial charge in [-0.25, -0.2) is 0 Å². The number of fused-ring (bicyclic) bond motifs is 1. The van der Waals surface area contributed by atoms with Crippen LogP contribution in [0, 0.1) is 0 Å². The third-order valence-corrected chi connectivity index (χ3v) is 5.75. The molecule has 9 nitrogen and oxygen atoms in total. The van der Waals surface area contributed by atoms with E-state index in [-0.39, 0.29) is 19.1 Å². The highest BCUT2D eigenvalue weighted by atomic mass is 16.5. The van der Waals surface area contributed by atoms with Gasteiger partial charge in [0.05, 0.1) is 11.9 Å². The molecule has 0 unspecified atom stereocenters. The highest BCUT2D eigenvalue weighted by Crippen LogP contribution is 2.31. The zero-order valence-corrected chi connectivity index (χ0v) is 19.3. The molecule has 0 saturated heterocycles. The molecule has 5 aromatic rings. The van der Waals surface area contributed by atoms with Gasteiger partial charge in [0.15, 0.2) is 0 Å². The average Bonchev–Trinajstić information content (AvgIpc) is 3.52. The lowest BCUT2D eigenvalue weighted by Crippen LogP contribution is -2.06. The molecule has 9 heteroatoms. The number of ether oxygens (including phenoxy) is 1. The first kappa shape index (κ1) is 22.3. The lowest BCUT2D eigenvalue weighted by molar-refractivity contribution is -0.136. The first-order valence-corrected chi connectivity index (χ1v) is 11.3. The molecule has 0 atom stereocenters. The van der Waals surface area contributed by atoms with Gasteiger partial charge in [-0.3, -0.25) is 9.48 Å². The van der Waals surface area contributed by atoms with E-state index in [0.29, 0.717) is 17.1 Å². The Morgan fingerprint density at radius 2 is 1.83 bits per heavy atom. The molecule has 0 aliphatic heterocycles. The summed E-state index contributed by atoms with van der Waals surface area (Å²) in [6, 6.07) is 21.6. The van der Waals surface area contributed by atoms with Gasteiger partial charge in [-0.05, 0) is 54.5 Å². The van der Waals surface area contributed by atoms with Gasteiger partial charge in [0.1, 0.15) is 18.1 Å². The Morgan fingerprint density at radius 1 is 1.03 bits per heavy atom. The summed E-state index contributed by atoms with van der Waals surface area (Å²) in [5, 5.41) is 29.3. The number of aromatic amines is 1. The minimum Gasteiger partial charge on any atom is -0.487 e. The zero-order chi connectivity index (χ0) is 24.4. The van der Waals surface area contributed by atoms with Gasteiger partial charge in [0.2, 0.25) is 5.82 Å². The Labute approximate surface area is 201 Å². The second-order valence-corrected chi connectivity index (χ2v) is 8.50. The standard InChI is InChI=1S/C26H24N6O3/c1-16(2)32-23-11-10-18(17-7-5-8-20(12-17)26-27-30-31-28-26)13-21(23)22(29-32)15-35-24-9-4-3-6-19(24)14-25(33)34/h3-13,16H,14-15H2,1-2H3,(H,33,34)(H,27,28,30,31). The van der Waals surface area contributed by atoms with Crippen LogP contribution in [0.25, 0.3) is 33.4 Å². The maximum Gasteiger partial charge on any atom is 0.307 e. The summed E-state index contributed by atoms with van der Waals surface area (Å²) in [7, 11) is 0. The number of aromatic nitrogens is 6. The smallest absolute Gasteiger partial charge is 0.307 e. The van der Waals surface area contributed by atoms with Crippen LogP contribution in [0.5, 0.6) is 5.75 Å². The number of rotatable bonds is 8. The number of nitrogens with zero attached hydrogens (tertiary/aromatic N) is 5. The summed E-state index contributed by atoms with van der Waals surface area (Å²) in [5.74, 6) is 0.184. The normalized spacial score (nSPS) is 11.3. The van der Waals surface area contributed by atoms with Crippen molar-refractivity contribution in [1.82, 2.24) is 30.4 Å². The first-order chi connectivity index (χ1) is 17.0. The summed E-state index contributed by atoms with van der Waals surface area (Å²) >= 11 is 0. The van der Waals surface area contributed by atoms with Gasteiger partial charge in [0.25, 0.3) is 0 Å². The molecule has 0 aliphatic rings. The third-order valence-electron chi connectivity index (χ3n) is 5.75. The Hall–Kier alpha value is -4.53. The molecule has 2 N–H and O–H groups in total. The molecule has 5 rings (SSSR count). The molecule has 0 amide bonds. The number of nitrogens with one attached hydrogen (secondary N) is 1. The van der Waals surface area contributed by atoms with E-state index in [0.717, 1.165) is 33.3 Å².